The smallest absolute Gasteiger partial charge is 0.410 e. The molecule has 0 aliphatic carbocycles. The third kappa shape index (κ3) is 5.55. The predicted octanol–water partition coefficient (Wildman–Crippen LogP) is 4.62. The molecule has 0 unspecified atom stereocenters. The first kappa shape index (κ1) is 24.0. The van der Waals surface area contributed by atoms with Crippen LogP contribution in [0.15, 0.2) is 55.0 Å². The maximum Gasteiger partial charge on any atom is 0.413 e. The van der Waals surface area contributed by atoms with Gasteiger partial charge in [0.15, 0.2) is 0 Å². The van der Waals surface area contributed by atoms with Crippen LogP contribution in [0, 0.1) is 5.82 Å². The van der Waals surface area contributed by atoms with E-state index in [1.807, 2.05) is 0 Å². The molecule has 1 aliphatic rings. The lowest BCUT2D eigenvalue weighted by Gasteiger charge is -2.23. The number of benzene rings is 2. The molecule has 0 bridgehead atoms. The number of aryl methyl sites for hydroxylation is 1. The number of carbonyl (C=O) groups is 1. The van der Waals surface area contributed by atoms with Crippen molar-refractivity contribution < 1.29 is 18.7 Å². The van der Waals surface area contributed by atoms with E-state index in [2.05, 4.69) is 25.7 Å². The van der Waals surface area contributed by atoms with Crippen LogP contribution < -0.4 is 15.4 Å². The highest BCUT2D eigenvalue weighted by atomic mass is 35.5. The van der Waals surface area contributed by atoms with Gasteiger partial charge in [-0.15, -0.1) is 0 Å². The van der Waals surface area contributed by atoms with E-state index < -0.39 is 18.0 Å². The first-order valence-electron chi connectivity index (χ1n) is 11.5. The second kappa shape index (κ2) is 10.5. The zero-order chi connectivity index (χ0) is 25.1. The fourth-order valence-corrected chi connectivity index (χ4v) is 4.17. The summed E-state index contributed by atoms with van der Waals surface area (Å²) in [7, 11) is 1.75. The summed E-state index contributed by atoms with van der Waals surface area (Å²) in [6.45, 7) is 1.42. The first-order chi connectivity index (χ1) is 17.4. The number of aromatic nitrogens is 4. The van der Waals surface area contributed by atoms with E-state index in [1.165, 1.54) is 12.1 Å². The van der Waals surface area contributed by atoms with E-state index in [0.717, 1.165) is 18.2 Å². The zero-order valence-corrected chi connectivity index (χ0v) is 20.2. The molecule has 1 saturated heterocycles. The molecule has 3 heterocycles. The number of hydrogen-bond acceptors (Lipinski definition) is 7. The molecular formula is C25H24ClFN6O3. The van der Waals surface area contributed by atoms with Crippen LogP contribution in [-0.4, -0.2) is 45.1 Å². The molecule has 9 nitrogen and oxygen atoms in total. The number of hydrogen-bond donors (Lipinski definition) is 2. The summed E-state index contributed by atoms with van der Waals surface area (Å²) in [6.07, 6.45) is 6.12. The van der Waals surface area contributed by atoms with Gasteiger partial charge in [-0.05, 0) is 42.7 Å². The van der Waals surface area contributed by atoms with Crippen molar-refractivity contribution in [1.82, 2.24) is 25.1 Å². The molecule has 2 N–H and O–H groups in total. The van der Waals surface area contributed by atoms with Crippen LogP contribution in [0.5, 0.6) is 5.75 Å². The highest BCUT2D eigenvalue weighted by Crippen LogP contribution is 2.26. The molecule has 4 aromatic rings. The van der Waals surface area contributed by atoms with Gasteiger partial charge >= 0.3 is 6.09 Å². The van der Waals surface area contributed by atoms with Crippen molar-refractivity contribution in [3.05, 3.63) is 77.0 Å². The lowest BCUT2D eigenvalue weighted by atomic mass is 10.0. The molecule has 186 valence electrons. The third-order valence-electron chi connectivity index (χ3n) is 5.92. The number of carbonyl (C=O) groups excluding carboxylic acids is 1. The third-order valence-corrected chi connectivity index (χ3v) is 6.22. The van der Waals surface area contributed by atoms with Gasteiger partial charge in [0.05, 0.1) is 22.8 Å². The molecule has 36 heavy (non-hydrogen) atoms. The number of halogens is 2. The van der Waals surface area contributed by atoms with Crippen molar-refractivity contribution in [2.45, 2.75) is 24.9 Å². The minimum atomic E-state index is -0.715. The average molecular weight is 511 g/mol. The van der Waals surface area contributed by atoms with E-state index in [-0.39, 0.29) is 11.1 Å². The Hall–Kier alpha value is -3.76. The van der Waals surface area contributed by atoms with Crippen LogP contribution >= 0.6 is 11.6 Å². The van der Waals surface area contributed by atoms with Gasteiger partial charge in [0.2, 0.25) is 5.95 Å². The SMILES string of the molecule is Cn1cc([C@H](NC(=O)Oc2ccc3cnc(NC4CCOCC4)nc3c2)c2ccc(Cl)c(F)c2)cn1. The second-order valence-corrected chi connectivity index (χ2v) is 8.94. The lowest BCUT2D eigenvalue weighted by molar-refractivity contribution is 0.0903. The summed E-state index contributed by atoms with van der Waals surface area (Å²) in [5, 5.41) is 11.1. The summed E-state index contributed by atoms with van der Waals surface area (Å²) in [5.74, 6) is 0.234. The van der Waals surface area contributed by atoms with Crippen LogP contribution in [0.1, 0.15) is 30.0 Å². The van der Waals surface area contributed by atoms with E-state index in [0.29, 0.717) is 41.6 Å². The minimum Gasteiger partial charge on any atom is -0.410 e. The van der Waals surface area contributed by atoms with Crippen molar-refractivity contribution in [3.63, 3.8) is 0 Å². The summed E-state index contributed by atoms with van der Waals surface area (Å²) in [5.41, 5.74) is 1.79. The molecular weight excluding hydrogens is 487 g/mol. The van der Waals surface area contributed by atoms with Gasteiger partial charge < -0.3 is 20.1 Å². The Morgan fingerprint density at radius 2 is 2.03 bits per heavy atom. The van der Waals surface area contributed by atoms with Crippen molar-refractivity contribution in [1.29, 1.82) is 0 Å². The molecule has 11 heteroatoms. The van der Waals surface area contributed by atoms with Gasteiger partial charge in [0.25, 0.3) is 0 Å². The monoisotopic (exact) mass is 510 g/mol. The molecule has 1 aliphatic heterocycles. The molecule has 5 rings (SSSR count). The van der Waals surface area contributed by atoms with Gasteiger partial charge in [0.1, 0.15) is 11.6 Å². The quantitative estimate of drug-likeness (QED) is 0.390. The van der Waals surface area contributed by atoms with Gasteiger partial charge in [-0.1, -0.05) is 17.7 Å². The lowest BCUT2D eigenvalue weighted by Crippen LogP contribution is -2.31. The maximum absolute atomic E-state index is 14.2. The van der Waals surface area contributed by atoms with Crippen molar-refractivity contribution in [3.8, 4) is 5.75 Å². The summed E-state index contributed by atoms with van der Waals surface area (Å²) >= 11 is 5.84. The van der Waals surface area contributed by atoms with Crippen LogP contribution in [0.2, 0.25) is 5.02 Å². The molecule has 1 amide bonds. The first-order valence-corrected chi connectivity index (χ1v) is 11.9. The number of anilines is 1. The Morgan fingerprint density at radius 3 is 2.78 bits per heavy atom. The topological polar surface area (TPSA) is 103 Å². The van der Waals surface area contributed by atoms with E-state index in [9.17, 15) is 9.18 Å². The number of rotatable bonds is 6. The van der Waals surface area contributed by atoms with Crippen molar-refractivity contribution in [2.75, 3.05) is 18.5 Å². The van der Waals surface area contributed by atoms with Crippen molar-refractivity contribution in [2.24, 2.45) is 7.05 Å². The standard InChI is InChI=1S/C25H24ClFN6O3/c1-33-14-17(13-29-33)23(15-3-5-20(26)21(27)10-15)32-25(34)36-19-4-2-16-12-28-24(31-22(16)11-19)30-18-6-8-35-9-7-18/h2-5,10-14,18,23H,6-9H2,1H3,(H,32,34)(H,28,30,31)/t23-/m1/s1. The normalized spacial score (nSPS) is 15.0. The highest BCUT2D eigenvalue weighted by Gasteiger charge is 2.21. The van der Waals surface area contributed by atoms with E-state index in [4.69, 9.17) is 21.1 Å². The summed E-state index contributed by atoms with van der Waals surface area (Å²) in [4.78, 5) is 21.8. The molecule has 2 aromatic carbocycles. The second-order valence-electron chi connectivity index (χ2n) is 8.53. The average Bonchev–Trinajstić information content (AvgIpc) is 3.30. The molecule has 0 spiro atoms. The molecule has 1 fully saturated rings. The van der Waals surface area contributed by atoms with Gasteiger partial charge in [-0.3, -0.25) is 4.68 Å². The van der Waals surface area contributed by atoms with Crippen LogP contribution in [0.4, 0.5) is 15.1 Å². The fourth-order valence-electron chi connectivity index (χ4n) is 4.06. The Morgan fingerprint density at radius 1 is 1.19 bits per heavy atom. The van der Waals surface area contributed by atoms with Gasteiger partial charge in [-0.25, -0.2) is 19.2 Å². The van der Waals surface area contributed by atoms with Crippen LogP contribution in [-0.2, 0) is 11.8 Å². The number of ether oxygens (including phenoxy) is 2. The highest BCUT2D eigenvalue weighted by molar-refractivity contribution is 6.30. The van der Waals surface area contributed by atoms with Gasteiger partial charge in [0, 0.05) is 55.7 Å². The maximum atomic E-state index is 14.2. The predicted molar refractivity (Wildman–Crippen MR) is 133 cm³/mol. The number of nitrogens with one attached hydrogen (secondary N) is 2. The van der Waals surface area contributed by atoms with E-state index in [1.54, 1.807) is 54.6 Å². The molecule has 0 saturated carbocycles. The Balaban J connectivity index is 1.33. The zero-order valence-electron chi connectivity index (χ0n) is 19.4. The van der Waals surface area contributed by atoms with Crippen LogP contribution in [0.3, 0.4) is 0 Å². The van der Waals surface area contributed by atoms with E-state index >= 15 is 0 Å². The Labute approximate surface area is 211 Å². The molecule has 2 aromatic heterocycles. The van der Waals surface area contributed by atoms with Crippen molar-refractivity contribution >= 4 is 34.5 Å². The van der Waals surface area contributed by atoms with Gasteiger partial charge in [-0.2, -0.15) is 5.10 Å². The Kier molecular flexibility index (Phi) is 6.97. The fraction of sp³-hybridized carbons (Fsp3) is 0.280. The molecule has 0 radical (unpaired) electrons. The summed E-state index contributed by atoms with van der Waals surface area (Å²) in [6, 6.07) is 9.04. The summed E-state index contributed by atoms with van der Waals surface area (Å²) < 4.78 is 26.7. The Bertz CT molecular complexity index is 1390. The minimum absolute atomic E-state index is 0.00454. The number of fused-ring (bicyclic) bond motifs is 1. The number of nitrogens with zero attached hydrogens (tertiary/aromatic N) is 4. The number of amides is 1. The largest absolute Gasteiger partial charge is 0.413 e. The molecule has 1 atom stereocenters. The van der Waals surface area contributed by atoms with Crippen LogP contribution in [0.25, 0.3) is 10.9 Å².